The molecule has 0 aliphatic carbocycles. The molecule has 92 valence electrons. The summed E-state index contributed by atoms with van der Waals surface area (Å²) in [5.74, 6) is 1.21. The van der Waals surface area contributed by atoms with Gasteiger partial charge in [-0.15, -0.1) is 0 Å². The number of benzene rings is 1. The van der Waals surface area contributed by atoms with Gasteiger partial charge in [0.1, 0.15) is 11.5 Å². The van der Waals surface area contributed by atoms with Gasteiger partial charge in [0.2, 0.25) is 5.95 Å². The minimum Gasteiger partial charge on any atom is -0.369 e. The van der Waals surface area contributed by atoms with E-state index in [1.165, 1.54) is 0 Å². The van der Waals surface area contributed by atoms with Crippen LogP contribution in [-0.2, 0) is 6.54 Å². The summed E-state index contributed by atoms with van der Waals surface area (Å²) >= 11 is 5.93. The predicted octanol–water partition coefficient (Wildman–Crippen LogP) is 2.62. The molecule has 3 aromatic rings. The van der Waals surface area contributed by atoms with E-state index in [2.05, 4.69) is 10.1 Å². The Morgan fingerprint density at radius 3 is 2.94 bits per heavy atom. The van der Waals surface area contributed by atoms with Crippen LogP contribution in [0.3, 0.4) is 0 Å². The molecule has 5 nitrogen and oxygen atoms in total. The second-order valence-corrected chi connectivity index (χ2v) is 4.55. The normalized spacial score (nSPS) is 11.2. The lowest BCUT2D eigenvalue weighted by Crippen LogP contribution is -2.04. The molecule has 6 heteroatoms. The number of aryl methyl sites for hydroxylation is 1. The number of anilines is 1. The summed E-state index contributed by atoms with van der Waals surface area (Å²) in [4.78, 5) is 4.27. The zero-order chi connectivity index (χ0) is 12.7. The SMILES string of the molecule is Cc1cc(Cn2c(N)nc3cc(Cl)ccc32)no1. The first kappa shape index (κ1) is 11.1. The second-order valence-electron chi connectivity index (χ2n) is 4.12. The molecule has 18 heavy (non-hydrogen) atoms. The smallest absolute Gasteiger partial charge is 0.201 e. The molecule has 0 aliphatic heterocycles. The molecule has 2 aromatic heterocycles. The van der Waals surface area contributed by atoms with Crippen molar-refractivity contribution in [2.24, 2.45) is 0 Å². The summed E-state index contributed by atoms with van der Waals surface area (Å²) in [5.41, 5.74) is 8.43. The van der Waals surface area contributed by atoms with Crippen molar-refractivity contribution in [1.82, 2.24) is 14.7 Å². The fraction of sp³-hybridized carbons (Fsp3) is 0.167. The van der Waals surface area contributed by atoms with E-state index in [0.717, 1.165) is 22.5 Å². The highest BCUT2D eigenvalue weighted by Gasteiger charge is 2.10. The largest absolute Gasteiger partial charge is 0.369 e. The Bertz CT molecular complexity index is 716. The standard InChI is InChI=1S/C12H11ClN4O/c1-7-4-9(16-18-7)6-17-11-3-2-8(13)5-10(11)15-12(17)14/h2-5H,6H2,1H3,(H2,14,15). The van der Waals surface area contributed by atoms with E-state index in [9.17, 15) is 0 Å². The lowest BCUT2D eigenvalue weighted by Gasteiger charge is -2.03. The third kappa shape index (κ3) is 1.82. The maximum Gasteiger partial charge on any atom is 0.201 e. The molecule has 0 unspecified atom stereocenters. The maximum atomic E-state index is 5.93. The topological polar surface area (TPSA) is 69.9 Å². The molecule has 1 aromatic carbocycles. The summed E-state index contributed by atoms with van der Waals surface area (Å²) in [6, 6.07) is 7.38. The van der Waals surface area contributed by atoms with Crippen molar-refractivity contribution >= 4 is 28.6 Å². The third-order valence-electron chi connectivity index (χ3n) is 2.74. The lowest BCUT2D eigenvalue weighted by molar-refractivity contribution is 0.389. The molecule has 0 radical (unpaired) electrons. The average Bonchev–Trinajstić information content (AvgIpc) is 2.84. The zero-order valence-electron chi connectivity index (χ0n) is 9.72. The third-order valence-corrected chi connectivity index (χ3v) is 2.97. The predicted molar refractivity (Wildman–Crippen MR) is 69.5 cm³/mol. The van der Waals surface area contributed by atoms with Crippen LogP contribution >= 0.6 is 11.6 Å². The van der Waals surface area contributed by atoms with Gasteiger partial charge < -0.3 is 14.8 Å². The van der Waals surface area contributed by atoms with Crippen LogP contribution in [-0.4, -0.2) is 14.7 Å². The highest BCUT2D eigenvalue weighted by molar-refractivity contribution is 6.31. The minimum absolute atomic E-state index is 0.438. The summed E-state index contributed by atoms with van der Waals surface area (Å²) < 4.78 is 6.92. The number of imidazole rings is 1. The van der Waals surface area contributed by atoms with Crippen molar-refractivity contribution in [3.63, 3.8) is 0 Å². The Kier molecular flexibility index (Phi) is 2.48. The summed E-state index contributed by atoms with van der Waals surface area (Å²) in [5, 5.41) is 4.59. The number of halogens is 1. The number of rotatable bonds is 2. The summed E-state index contributed by atoms with van der Waals surface area (Å²) in [7, 11) is 0. The highest BCUT2D eigenvalue weighted by Crippen LogP contribution is 2.22. The van der Waals surface area contributed by atoms with Crippen molar-refractivity contribution in [1.29, 1.82) is 0 Å². The molecule has 2 heterocycles. The first-order valence-electron chi connectivity index (χ1n) is 5.47. The fourth-order valence-electron chi connectivity index (χ4n) is 1.94. The minimum atomic E-state index is 0.438. The Labute approximate surface area is 108 Å². The summed E-state index contributed by atoms with van der Waals surface area (Å²) in [6.45, 7) is 2.38. The average molecular weight is 263 g/mol. The van der Waals surface area contributed by atoms with Crippen LogP contribution in [0, 0.1) is 6.92 Å². The van der Waals surface area contributed by atoms with Crippen LogP contribution in [0.1, 0.15) is 11.5 Å². The first-order chi connectivity index (χ1) is 8.63. The highest BCUT2D eigenvalue weighted by atomic mass is 35.5. The Balaban J connectivity index is 2.08. The van der Waals surface area contributed by atoms with E-state index in [1.807, 2.05) is 29.7 Å². The number of nitrogens with zero attached hydrogens (tertiary/aromatic N) is 3. The van der Waals surface area contributed by atoms with Gasteiger partial charge in [-0.25, -0.2) is 4.98 Å². The molecule has 0 saturated heterocycles. The van der Waals surface area contributed by atoms with E-state index in [0.29, 0.717) is 17.5 Å². The molecule has 0 fully saturated rings. The van der Waals surface area contributed by atoms with Crippen LogP contribution in [0.2, 0.25) is 5.02 Å². The van der Waals surface area contributed by atoms with Gasteiger partial charge in [0.05, 0.1) is 17.6 Å². The van der Waals surface area contributed by atoms with Gasteiger partial charge >= 0.3 is 0 Å². The molecular formula is C12H11ClN4O. The van der Waals surface area contributed by atoms with Gasteiger partial charge in [0.15, 0.2) is 0 Å². The van der Waals surface area contributed by atoms with E-state index < -0.39 is 0 Å². The molecule has 3 rings (SSSR count). The van der Waals surface area contributed by atoms with Crippen LogP contribution < -0.4 is 5.73 Å². The number of fused-ring (bicyclic) bond motifs is 1. The Morgan fingerprint density at radius 2 is 2.22 bits per heavy atom. The van der Waals surface area contributed by atoms with E-state index in [4.69, 9.17) is 21.9 Å². The molecule has 0 aliphatic rings. The zero-order valence-corrected chi connectivity index (χ0v) is 10.5. The van der Waals surface area contributed by atoms with Crippen molar-refractivity contribution in [2.75, 3.05) is 5.73 Å². The number of hydrogen-bond acceptors (Lipinski definition) is 4. The van der Waals surface area contributed by atoms with Crippen LogP contribution in [0.25, 0.3) is 11.0 Å². The van der Waals surface area contributed by atoms with E-state index in [1.54, 1.807) is 6.07 Å². The van der Waals surface area contributed by atoms with Crippen LogP contribution in [0.5, 0.6) is 0 Å². The van der Waals surface area contributed by atoms with E-state index >= 15 is 0 Å². The van der Waals surface area contributed by atoms with Crippen molar-refractivity contribution < 1.29 is 4.52 Å². The molecule has 0 amide bonds. The number of hydrogen-bond donors (Lipinski definition) is 1. The number of nitrogens with two attached hydrogens (primary N) is 1. The quantitative estimate of drug-likeness (QED) is 0.771. The van der Waals surface area contributed by atoms with E-state index in [-0.39, 0.29) is 0 Å². The lowest BCUT2D eigenvalue weighted by atomic mass is 10.3. The van der Waals surface area contributed by atoms with Crippen molar-refractivity contribution in [3.8, 4) is 0 Å². The van der Waals surface area contributed by atoms with Gasteiger partial charge in [-0.2, -0.15) is 0 Å². The summed E-state index contributed by atoms with van der Waals surface area (Å²) in [6.07, 6.45) is 0. The van der Waals surface area contributed by atoms with Gasteiger partial charge in [-0.1, -0.05) is 16.8 Å². The molecule has 0 atom stereocenters. The molecular weight excluding hydrogens is 252 g/mol. The van der Waals surface area contributed by atoms with Gasteiger partial charge in [-0.05, 0) is 25.1 Å². The van der Waals surface area contributed by atoms with Gasteiger partial charge in [-0.3, -0.25) is 0 Å². The maximum absolute atomic E-state index is 5.93. The fourth-order valence-corrected chi connectivity index (χ4v) is 2.11. The van der Waals surface area contributed by atoms with Crippen molar-refractivity contribution in [2.45, 2.75) is 13.5 Å². The molecule has 0 spiro atoms. The Morgan fingerprint density at radius 1 is 1.39 bits per heavy atom. The number of aromatic nitrogens is 3. The van der Waals surface area contributed by atoms with Crippen molar-refractivity contribution in [3.05, 3.63) is 40.7 Å². The van der Waals surface area contributed by atoms with Crippen LogP contribution in [0.15, 0.2) is 28.8 Å². The van der Waals surface area contributed by atoms with Crippen LogP contribution in [0.4, 0.5) is 5.95 Å². The molecule has 2 N–H and O–H groups in total. The molecule has 0 saturated carbocycles. The Hall–Kier alpha value is -2.01. The van der Waals surface area contributed by atoms with Gasteiger partial charge in [0, 0.05) is 11.1 Å². The second kappa shape index (κ2) is 4.03. The molecule has 0 bridgehead atoms. The number of nitrogen functional groups attached to an aromatic ring is 1. The monoisotopic (exact) mass is 262 g/mol. The first-order valence-corrected chi connectivity index (χ1v) is 5.85. The van der Waals surface area contributed by atoms with Gasteiger partial charge in [0.25, 0.3) is 0 Å².